The van der Waals surface area contributed by atoms with E-state index in [1.807, 2.05) is 25.2 Å². The van der Waals surface area contributed by atoms with Gasteiger partial charge in [-0.2, -0.15) is 0 Å². The highest BCUT2D eigenvalue weighted by Gasteiger charge is 2.16. The number of benzene rings is 1. The van der Waals surface area contributed by atoms with Crippen LogP contribution in [0.3, 0.4) is 0 Å². The topological polar surface area (TPSA) is 23.5 Å². The van der Waals surface area contributed by atoms with E-state index in [0.29, 0.717) is 5.02 Å². The first kappa shape index (κ1) is 14.4. The fraction of sp³-hybridized carbons (Fsp3) is 0.333. The summed E-state index contributed by atoms with van der Waals surface area (Å²) in [6, 6.07) is 10.2. The number of aliphatic hydroxyl groups is 1. The zero-order chi connectivity index (χ0) is 14.0. The van der Waals surface area contributed by atoms with E-state index in [1.165, 1.54) is 4.88 Å². The molecule has 102 valence electrons. The molecule has 0 saturated heterocycles. The van der Waals surface area contributed by atoms with E-state index in [-0.39, 0.29) is 6.04 Å². The van der Waals surface area contributed by atoms with Gasteiger partial charge in [-0.25, -0.2) is 0 Å². The van der Waals surface area contributed by atoms with Gasteiger partial charge >= 0.3 is 0 Å². The number of rotatable bonds is 4. The van der Waals surface area contributed by atoms with Crippen molar-refractivity contribution in [3.63, 3.8) is 0 Å². The van der Waals surface area contributed by atoms with E-state index in [0.717, 1.165) is 11.3 Å². The van der Waals surface area contributed by atoms with E-state index < -0.39 is 6.10 Å². The molecule has 1 unspecified atom stereocenters. The Morgan fingerprint density at radius 3 is 2.53 bits per heavy atom. The third-order valence-corrected chi connectivity index (χ3v) is 4.72. The molecule has 0 fully saturated rings. The van der Waals surface area contributed by atoms with Crippen molar-refractivity contribution in [3.05, 3.63) is 51.2 Å². The first-order valence-corrected chi connectivity index (χ1v) is 7.50. The Morgan fingerprint density at radius 1 is 1.26 bits per heavy atom. The molecule has 4 heteroatoms. The van der Waals surface area contributed by atoms with Gasteiger partial charge in [-0.3, -0.25) is 0 Å². The maximum absolute atomic E-state index is 9.57. The lowest BCUT2D eigenvalue weighted by molar-refractivity contribution is 0.199. The van der Waals surface area contributed by atoms with Crippen molar-refractivity contribution in [2.45, 2.75) is 26.0 Å². The molecule has 0 amide bonds. The van der Waals surface area contributed by atoms with Gasteiger partial charge in [0.2, 0.25) is 0 Å². The largest absolute Gasteiger partial charge is 0.389 e. The van der Waals surface area contributed by atoms with Crippen LogP contribution >= 0.6 is 22.9 Å². The summed E-state index contributed by atoms with van der Waals surface area (Å²) in [5.74, 6) is 0. The van der Waals surface area contributed by atoms with Crippen molar-refractivity contribution >= 4 is 28.6 Å². The normalized spacial score (nSPS) is 14.2. The molecule has 2 aromatic rings. The van der Waals surface area contributed by atoms with Crippen LogP contribution in [0.15, 0.2) is 35.7 Å². The van der Waals surface area contributed by atoms with Crippen molar-refractivity contribution < 1.29 is 5.11 Å². The van der Waals surface area contributed by atoms with Crippen LogP contribution in [0.2, 0.25) is 5.02 Å². The van der Waals surface area contributed by atoms with E-state index in [2.05, 4.69) is 29.3 Å². The summed E-state index contributed by atoms with van der Waals surface area (Å²) in [5.41, 5.74) is 1.82. The van der Waals surface area contributed by atoms with Crippen LogP contribution in [0.1, 0.15) is 36.4 Å². The van der Waals surface area contributed by atoms with Crippen molar-refractivity contribution in [2.24, 2.45) is 0 Å². The lowest BCUT2D eigenvalue weighted by atomic mass is 10.1. The van der Waals surface area contributed by atoms with E-state index in [9.17, 15) is 5.11 Å². The van der Waals surface area contributed by atoms with Gasteiger partial charge in [0.1, 0.15) is 0 Å². The van der Waals surface area contributed by atoms with E-state index in [4.69, 9.17) is 11.6 Å². The van der Waals surface area contributed by atoms with Gasteiger partial charge in [-0.1, -0.05) is 23.7 Å². The molecule has 2 rings (SSSR count). The summed E-state index contributed by atoms with van der Waals surface area (Å²) >= 11 is 8.07. The molecule has 1 heterocycles. The summed E-state index contributed by atoms with van der Waals surface area (Å²) in [6.07, 6.45) is -0.494. The van der Waals surface area contributed by atoms with E-state index in [1.54, 1.807) is 18.3 Å². The summed E-state index contributed by atoms with van der Waals surface area (Å²) < 4.78 is 0. The van der Waals surface area contributed by atoms with Gasteiger partial charge in [0.05, 0.1) is 22.9 Å². The monoisotopic (exact) mass is 295 g/mol. The third-order valence-electron chi connectivity index (χ3n) is 3.37. The highest BCUT2D eigenvalue weighted by atomic mass is 35.5. The quantitative estimate of drug-likeness (QED) is 0.887. The second kappa shape index (κ2) is 5.95. The number of hydrogen-bond donors (Lipinski definition) is 1. The summed E-state index contributed by atoms with van der Waals surface area (Å²) in [6.45, 7) is 3.90. The standard InChI is InChI=1S/C15H18ClNOS/c1-10(15-5-4-8-19-15)17(3)14-7-6-12(11(2)18)9-13(14)16/h4-11,18H,1-3H3/t10?,11-/m1/s1. The molecule has 0 aliphatic heterocycles. The average Bonchev–Trinajstić information content (AvgIpc) is 2.90. The molecule has 1 aromatic carbocycles. The minimum atomic E-state index is -0.494. The number of nitrogens with zero attached hydrogens (tertiary/aromatic N) is 1. The summed E-state index contributed by atoms with van der Waals surface area (Å²) in [7, 11) is 2.04. The molecule has 0 aliphatic carbocycles. The molecule has 2 nitrogen and oxygen atoms in total. The Labute approximate surface area is 123 Å². The van der Waals surface area contributed by atoms with Crippen LogP contribution in [0, 0.1) is 0 Å². The Balaban J connectivity index is 2.26. The average molecular weight is 296 g/mol. The second-order valence-corrected chi connectivity index (χ2v) is 6.08. The predicted octanol–water partition coefficient (Wildman–Crippen LogP) is 4.65. The fourth-order valence-corrected chi connectivity index (χ4v) is 3.15. The van der Waals surface area contributed by atoms with Gasteiger partial charge in [-0.05, 0) is 43.0 Å². The highest BCUT2D eigenvalue weighted by Crippen LogP contribution is 2.34. The number of thiophene rings is 1. The Kier molecular flexibility index (Phi) is 4.50. The Morgan fingerprint density at radius 2 is 2.00 bits per heavy atom. The minimum absolute atomic E-state index is 0.273. The maximum Gasteiger partial charge on any atom is 0.0762 e. The third kappa shape index (κ3) is 3.11. The van der Waals surface area contributed by atoms with Crippen LogP contribution in [0.4, 0.5) is 5.69 Å². The Bertz CT molecular complexity index is 539. The molecule has 0 spiro atoms. The molecule has 19 heavy (non-hydrogen) atoms. The van der Waals surface area contributed by atoms with E-state index >= 15 is 0 Å². The molecule has 1 N–H and O–H groups in total. The molecule has 0 radical (unpaired) electrons. The number of halogens is 1. The number of hydrogen-bond acceptors (Lipinski definition) is 3. The lowest BCUT2D eigenvalue weighted by Crippen LogP contribution is -2.21. The van der Waals surface area contributed by atoms with Gasteiger partial charge in [0.15, 0.2) is 0 Å². The first-order valence-electron chi connectivity index (χ1n) is 6.24. The fourth-order valence-electron chi connectivity index (χ4n) is 2.00. The van der Waals surface area contributed by atoms with Crippen molar-refractivity contribution in [2.75, 3.05) is 11.9 Å². The second-order valence-electron chi connectivity index (χ2n) is 4.69. The molecule has 1 aromatic heterocycles. The zero-order valence-electron chi connectivity index (χ0n) is 11.3. The van der Waals surface area contributed by atoms with Gasteiger partial charge in [0.25, 0.3) is 0 Å². The molecular weight excluding hydrogens is 278 g/mol. The number of anilines is 1. The van der Waals surface area contributed by atoms with Crippen LogP contribution in [0.5, 0.6) is 0 Å². The predicted molar refractivity (Wildman–Crippen MR) is 83.2 cm³/mol. The summed E-state index contributed by atoms with van der Waals surface area (Å²) in [5, 5.41) is 12.3. The molecule has 2 atom stereocenters. The molecule has 0 saturated carbocycles. The van der Waals surface area contributed by atoms with Crippen LogP contribution in [0.25, 0.3) is 0 Å². The van der Waals surface area contributed by atoms with Gasteiger partial charge in [-0.15, -0.1) is 11.3 Å². The van der Waals surface area contributed by atoms with Crippen LogP contribution in [-0.4, -0.2) is 12.2 Å². The SMILES string of the molecule is CC(c1cccs1)N(C)c1ccc([C@@H](C)O)cc1Cl. The highest BCUT2D eigenvalue weighted by molar-refractivity contribution is 7.10. The zero-order valence-corrected chi connectivity index (χ0v) is 12.9. The molecular formula is C15H18ClNOS. The molecule has 0 aliphatic rings. The molecule has 0 bridgehead atoms. The smallest absolute Gasteiger partial charge is 0.0762 e. The first-order chi connectivity index (χ1) is 9.00. The van der Waals surface area contributed by atoms with Gasteiger partial charge in [0, 0.05) is 11.9 Å². The van der Waals surface area contributed by atoms with Crippen LogP contribution in [-0.2, 0) is 0 Å². The summed E-state index contributed by atoms with van der Waals surface area (Å²) in [4.78, 5) is 3.46. The maximum atomic E-state index is 9.57. The van der Waals surface area contributed by atoms with Gasteiger partial charge < -0.3 is 10.0 Å². The number of aliphatic hydroxyl groups excluding tert-OH is 1. The Hall–Kier alpha value is -1.03. The van der Waals surface area contributed by atoms with Crippen molar-refractivity contribution in [1.29, 1.82) is 0 Å². The van der Waals surface area contributed by atoms with Crippen LogP contribution < -0.4 is 4.90 Å². The van der Waals surface area contributed by atoms with Crippen molar-refractivity contribution in [1.82, 2.24) is 0 Å². The minimum Gasteiger partial charge on any atom is -0.389 e. The lowest BCUT2D eigenvalue weighted by Gasteiger charge is -2.27. The van der Waals surface area contributed by atoms with Crippen molar-refractivity contribution in [3.8, 4) is 0 Å².